The van der Waals surface area contributed by atoms with E-state index in [4.69, 9.17) is 20.8 Å². The molecule has 0 atom stereocenters. The minimum atomic E-state index is -0.408. The molecule has 1 saturated heterocycles. The summed E-state index contributed by atoms with van der Waals surface area (Å²) in [6, 6.07) is 17.4. The second-order valence-corrected chi connectivity index (χ2v) is 8.33. The third kappa shape index (κ3) is 4.79. The maximum absolute atomic E-state index is 12.8. The van der Waals surface area contributed by atoms with Gasteiger partial charge in [0.15, 0.2) is 0 Å². The molecule has 0 N–H and O–H groups in total. The van der Waals surface area contributed by atoms with Crippen molar-refractivity contribution in [1.82, 2.24) is 4.90 Å². The van der Waals surface area contributed by atoms with Crippen molar-refractivity contribution in [3.8, 4) is 11.3 Å². The fraction of sp³-hybridized carbons (Fsp3) is 0.125. The van der Waals surface area contributed by atoms with Gasteiger partial charge in [-0.3, -0.25) is 14.5 Å². The lowest BCUT2D eigenvalue weighted by molar-refractivity contribution is -0.123. The molecule has 0 saturated carbocycles. The molecule has 6 nitrogen and oxygen atoms in total. The zero-order valence-corrected chi connectivity index (χ0v) is 18.6. The number of hydrogen-bond acceptors (Lipinski definition) is 6. The van der Waals surface area contributed by atoms with Gasteiger partial charge in [0.25, 0.3) is 11.1 Å². The van der Waals surface area contributed by atoms with Crippen LogP contribution in [0.15, 0.2) is 70.0 Å². The zero-order valence-electron chi connectivity index (χ0n) is 17.0. The Hall–Kier alpha value is -3.29. The molecule has 8 heteroatoms. The highest BCUT2D eigenvalue weighted by Gasteiger charge is 2.35. The van der Waals surface area contributed by atoms with E-state index in [1.807, 2.05) is 12.1 Å². The van der Waals surface area contributed by atoms with Crippen LogP contribution in [0.25, 0.3) is 17.4 Å². The molecule has 32 heavy (non-hydrogen) atoms. The van der Waals surface area contributed by atoms with E-state index in [1.54, 1.807) is 61.5 Å². The monoisotopic (exact) mass is 467 g/mol. The van der Waals surface area contributed by atoms with Crippen LogP contribution in [0.3, 0.4) is 0 Å². The van der Waals surface area contributed by atoms with Gasteiger partial charge < -0.3 is 9.15 Å². The third-order valence-corrected chi connectivity index (χ3v) is 5.80. The molecular formula is C24H18ClNO5S. The van der Waals surface area contributed by atoms with Crippen molar-refractivity contribution in [3.63, 3.8) is 0 Å². The van der Waals surface area contributed by atoms with Crippen LogP contribution in [0.5, 0.6) is 0 Å². The minimum Gasteiger partial charge on any atom is -0.462 e. The normalized spacial score (nSPS) is 14.9. The Morgan fingerprint density at radius 1 is 1.12 bits per heavy atom. The smallest absolute Gasteiger partial charge is 0.338 e. The molecule has 162 valence electrons. The Morgan fingerprint density at radius 2 is 1.94 bits per heavy atom. The van der Waals surface area contributed by atoms with Crippen molar-refractivity contribution in [1.29, 1.82) is 0 Å². The summed E-state index contributed by atoms with van der Waals surface area (Å²) in [7, 11) is 0. The summed E-state index contributed by atoms with van der Waals surface area (Å²) >= 11 is 6.85. The molecule has 4 rings (SSSR count). The Labute approximate surface area is 193 Å². The first-order valence-corrected chi connectivity index (χ1v) is 11.0. The van der Waals surface area contributed by atoms with Gasteiger partial charge in [0.2, 0.25) is 0 Å². The maximum atomic E-state index is 12.8. The standard InChI is InChI=1S/C24H18ClNO5S/c1-2-30-23(28)17-7-4-6-16(12-17)20-10-9-19(31-20)13-21-22(27)26(24(29)32-21)14-15-5-3-8-18(25)11-15/h3-13H,2,14H2,1H3/b21-13-. The van der Waals surface area contributed by atoms with Crippen molar-refractivity contribution in [2.24, 2.45) is 0 Å². The number of halogens is 1. The summed E-state index contributed by atoms with van der Waals surface area (Å²) in [4.78, 5) is 38.5. The lowest BCUT2D eigenvalue weighted by Crippen LogP contribution is -2.27. The van der Waals surface area contributed by atoms with E-state index in [9.17, 15) is 14.4 Å². The first-order valence-electron chi connectivity index (χ1n) is 9.82. The summed E-state index contributed by atoms with van der Waals surface area (Å²) in [5.41, 5.74) is 1.89. The molecule has 0 aliphatic carbocycles. The second-order valence-electron chi connectivity index (χ2n) is 6.90. The van der Waals surface area contributed by atoms with Crippen LogP contribution in [0.1, 0.15) is 28.6 Å². The zero-order chi connectivity index (χ0) is 22.7. The van der Waals surface area contributed by atoms with Crippen LogP contribution in [0, 0.1) is 0 Å². The summed E-state index contributed by atoms with van der Waals surface area (Å²) in [6.45, 7) is 2.18. The maximum Gasteiger partial charge on any atom is 0.338 e. The van der Waals surface area contributed by atoms with E-state index in [0.29, 0.717) is 34.3 Å². The third-order valence-electron chi connectivity index (χ3n) is 4.66. The van der Waals surface area contributed by atoms with E-state index in [0.717, 1.165) is 17.3 Å². The molecule has 2 heterocycles. The molecule has 2 amide bonds. The molecule has 1 fully saturated rings. The number of rotatable bonds is 6. The molecule has 1 aliphatic heterocycles. The topological polar surface area (TPSA) is 76.8 Å². The number of nitrogens with zero attached hydrogens (tertiary/aromatic N) is 1. The predicted octanol–water partition coefficient (Wildman–Crippen LogP) is 6.01. The molecule has 0 unspecified atom stereocenters. The van der Waals surface area contributed by atoms with Gasteiger partial charge in [-0.05, 0) is 60.6 Å². The van der Waals surface area contributed by atoms with Crippen molar-refractivity contribution in [3.05, 3.63) is 87.5 Å². The number of ether oxygens (including phenoxy) is 1. The number of hydrogen-bond donors (Lipinski definition) is 0. The average molecular weight is 468 g/mol. The van der Waals surface area contributed by atoms with Crippen molar-refractivity contribution < 1.29 is 23.5 Å². The molecule has 1 aliphatic rings. The van der Waals surface area contributed by atoms with Gasteiger partial charge in [-0.2, -0.15) is 0 Å². The van der Waals surface area contributed by atoms with Gasteiger partial charge in [-0.15, -0.1) is 0 Å². The molecule has 1 aromatic heterocycles. The Bertz CT molecular complexity index is 1230. The van der Waals surface area contributed by atoms with Crippen LogP contribution < -0.4 is 0 Å². The van der Waals surface area contributed by atoms with Gasteiger partial charge in [0, 0.05) is 16.7 Å². The number of furan rings is 1. The van der Waals surface area contributed by atoms with E-state index < -0.39 is 5.97 Å². The van der Waals surface area contributed by atoms with E-state index in [-0.39, 0.29) is 22.6 Å². The van der Waals surface area contributed by atoms with Crippen molar-refractivity contribution in [2.75, 3.05) is 6.61 Å². The fourth-order valence-corrected chi connectivity index (χ4v) is 4.21. The number of thioether (sulfide) groups is 1. The molecule has 0 spiro atoms. The molecule has 0 bridgehead atoms. The quantitative estimate of drug-likeness (QED) is 0.326. The SMILES string of the molecule is CCOC(=O)c1cccc(-c2ccc(/C=C3\SC(=O)N(Cc4cccc(Cl)c4)C3=O)o2)c1. The van der Waals surface area contributed by atoms with E-state index in [2.05, 4.69) is 0 Å². The van der Waals surface area contributed by atoms with Gasteiger partial charge in [0.05, 0.1) is 23.6 Å². The highest BCUT2D eigenvalue weighted by atomic mass is 35.5. The molecule has 2 aromatic carbocycles. The van der Waals surface area contributed by atoms with Gasteiger partial charge in [-0.1, -0.05) is 35.9 Å². The number of benzene rings is 2. The highest BCUT2D eigenvalue weighted by molar-refractivity contribution is 8.18. The van der Waals surface area contributed by atoms with Crippen molar-refractivity contribution >= 4 is 46.6 Å². The summed E-state index contributed by atoms with van der Waals surface area (Å²) in [6.07, 6.45) is 1.54. The lowest BCUT2D eigenvalue weighted by atomic mass is 10.1. The number of carbonyl (C=O) groups is 3. The number of amides is 2. The molecule has 3 aromatic rings. The number of imide groups is 1. The van der Waals surface area contributed by atoms with Gasteiger partial charge in [-0.25, -0.2) is 4.79 Å². The number of esters is 1. The number of carbonyl (C=O) groups excluding carboxylic acids is 3. The summed E-state index contributed by atoms with van der Waals surface area (Å²) < 4.78 is 10.9. The predicted molar refractivity (Wildman–Crippen MR) is 123 cm³/mol. The average Bonchev–Trinajstić information content (AvgIpc) is 3.35. The highest BCUT2D eigenvalue weighted by Crippen LogP contribution is 2.34. The first-order chi connectivity index (χ1) is 15.4. The van der Waals surface area contributed by atoms with Crippen LogP contribution in [-0.4, -0.2) is 28.6 Å². The minimum absolute atomic E-state index is 0.145. The summed E-state index contributed by atoms with van der Waals surface area (Å²) in [5, 5.41) is 0.190. The van der Waals surface area contributed by atoms with Crippen LogP contribution in [0.4, 0.5) is 4.79 Å². The Kier molecular flexibility index (Phi) is 6.48. The summed E-state index contributed by atoms with van der Waals surface area (Å²) in [5.74, 6) is 0.159. The Balaban J connectivity index is 1.52. The first kappa shape index (κ1) is 21.9. The van der Waals surface area contributed by atoms with Crippen molar-refractivity contribution in [2.45, 2.75) is 13.5 Å². The van der Waals surface area contributed by atoms with Gasteiger partial charge in [0.1, 0.15) is 11.5 Å². The second kappa shape index (κ2) is 9.46. The van der Waals surface area contributed by atoms with E-state index in [1.165, 1.54) is 4.90 Å². The molecule has 0 radical (unpaired) electrons. The fourth-order valence-electron chi connectivity index (χ4n) is 3.18. The largest absolute Gasteiger partial charge is 0.462 e. The van der Waals surface area contributed by atoms with Crippen LogP contribution >= 0.6 is 23.4 Å². The lowest BCUT2D eigenvalue weighted by Gasteiger charge is -2.12. The Morgan fingerprint density at radius 3 is 2.72 bits per heavy atom. The molecular weight excluding hydrogens is 450 g/mol. The van der Waals surface area contributed by atoms with Crippen LogP contribution in [-0.2, 0) is 16.1 Å². The van der Waals surface area contributed by atoms with Gasteiger partial charge >= 0.3 is 5.97 Å². The van der Waals surface area contributed by atoms with Crippen LogP contribution in [0.2, 0.25) is 5.02 Å². The van der Waals surface area contributed by atoms with E-state index >= 15 is 0 Å².